The molecule has 16 heavy (non-hydrogen) atoms. The highest BCUT2D eigenvalue weighted by Gasteiger charge is 2.46. The van der Waals surface area contributed by atoms with Gasteiger partial charge in [0.25, 0.3) is 0 Å². The van der Waals surface area contributed by atoms with Crippen LogP contribution in [0.5, 0.6) is 0 Å². The Bertz CT molecular complexity index is 258. The third-order valence-corrected chi connectivity index (χ3v) is 2.26. The van der Waals surface area contributed by atoms with Crippen LogP contribution in [0, 0.1) is 0 Å². The zero-order valence-corrected chi connectivity index (χ0v) is 9.11. The fourth-order valence-corrected chi connectivity index (χ4v) is 1.46. The fraction of sp³-hybridized carbons (Fsp3) is 0.889. The molecular weight excluding hydrogens is 218 g/mol. The van der Waals surface area contributed by atoms with Crippen molar-refractivity contribution in [2.45, 2.75) is 50.7 Å². The van der Waals surface area contributed by atoms with Crippen molar-refractivity contribution in [1.29, 1.82) is 0 Å². The molecule has 1 fully saturated rings. The van der Waals surface area contributed by atoms with Gasteiger partial charge in [0.2, 0.25) is 5.91 Å². The van der Waals surface area contributed by atoms with E-state index in [4.69, 9.17) is 15.2 Å². The predicted octanol–water partition coefficient (Wildman–Crippen LogP) is -2.30. The van der Waals surface area contributed by atoms with Crippen LogP contribution < -0.4 is 5.73 Å². The van der Waals surface area contributed by atoms with Gasteiger partial charge in [-0.1, -0.05) is 0 Å². The lowest BCUT2D eigenvalue weighted by Gasteiger charge is -2.39. The predicted molar refractivity (Wildman–Crippen MR) is 52.1 cm³/mol. The molecule has 7 heteroatoms. The van der Waals surface area contributed by atoms with E-state index in [1.54, 1.807) is 13.8 Å². The molecule has 5 N–H and O–H groups in total. The molecule has 0 spiro atoms. The first-order valence-electron chi connectivity index (χ1n) is 4.99. The zero-order chi connectivity index (χ0) is 12.5. The number of primary amides is 1. The molecule has 1 heterocycles. The number of carbonyl (C=O) groups excluding carboxylic acids is 1. The highest BCUT2D eigenvalue weighted by molar-refractivity contribution is 5.79. The molecule has 0 aromatic carbocycles. The van der Waals surface area contributed by atoms with Gasteiger partial charge in [0.05, 0.1) is 6.10 Å². The van der Waals surface area contributed by atoms with E-state index in [1.807, 2.05) is 0 Å². The maximum atomic E-state index is 10.9. The summed E-state index contributed by atoms with van der Waals surface area (Å²) in [7, 11) is 0. The average Bonchev–Trinajstić information content (AvgIpc) is 2.18. The van der Waals surface area contributed by atoms with E-state index in [-0.39, 0.29) is 6.10 Å². The number of rotatable bonds is 3. The summed E-state index contributed by atoms with van der Waals surface area (Å²) in [4.78, 5) is 10.9. The molecule has 0 saturated carbocycles. The molecule has 0 aromatic rings. The van der Waals surface area contributed by atoms with Crippen LogP contribution in [0.25, 0.3) is 0 Å². The van der Waals surface area contributed by atoms with Gasteiger partial charge in [-0.05, 0) is 13.8 Å². The molecule has 0 radical (unpaired) electrons. The first-order valence-corrected chi connectivity index (χ1v) is 4.99. The highest BCUT2D eigenvalue weighted by atomic mass is 16.7. The molecular formula is C9H17NO6. The second-order valence-electron chi connectivity index (χ2n) is 3.98. The van der Waals surface area contributed by atoms with Crippen molar-refractivity contribution in [1.82, 2.24) is 0 Å². The van der Waals surface area contributed by atoms with E-state index in [2.05, 4.69) is 0 Å². The molecule has 1 amide bonds. The molecule has 0 bridgehead atoms. The van der Waals surface area contributed by atoms with Gasteiger partial charge >= 0.3 is 0 Å². The maximum Gasteiger partial charge on any atom is 0.249 e. The molecule has 1 aliphatic heterocycles. The van der Waals surface area contributed by atoms with Gasteiger partial charge in [-0.2, -0.15) is 0 Å². The number of nitrogens with two attached hydrogens (primary N) is 1. The van der Waals surface area contributed by atoms with Crippen LogP contribution in [0.15, 0.2) is 0 Å². The van der Waals surface area contributed by atoms with Crippen molar-refractivity contribution in [3.8, 4) is 0 Å². The second kappa shape index (κ2) is 5.07. The van der Waals surface area contributed by atoms with Crippen LogP contribution >= 0.6 is 0 Å². The van der Waals surface area contributed by atoms with Gasteiger partial charge < -0.3 is 30.5 Å². The van der Waals surface area contributed by atoms with Crippen LogP contribution in [0.4, 0.5) is 0 Å². The van der Waals surface area contributed by atoms with Crippen molar-refractivity contribution < 1.29 is 29.6 Å². The number of amides is 1. The van der Waals surface area contributed by atoms with Gasteiger partial charge in [0.15, 0.2) is 12.4 Å². The normalized spacial score (nSPS) is 40.0. The van der Waals surface area contributed by atoms with Crippen LogP contribution in [0.1, 0.15) is 13.8 Å². The summed E-state index contributed by atoms with van der Waals surface area (Å²) in [6, 6.07) is 0. The van der Waals surface area contributed by atoms with Gasteiger partial charge in [-0.15, -0.1) is 0 Å². The lowest BCUT2D eigenvalue weighted by atomic mass is 9.98. The van der Waals surface area contributed by atoms with Crippen molar-refractivity contribution in [2.24, 2.45) is 5.73 Å². The topological polar surface area (TPSA) is 122 Å². The first-order chi connectivity index (χ1) is 7.34. The lowest BCUT2D eigenvalue weighted by molar-refractivity contribution is -0.297. The third kappa shape index (κ3) is 2.69. The summed E-state index contributed by atoms with van der Waals surface area (Å²) in [6.45, 7) is 3.40. The summed E-state index contributed by atoms with van der Waals surface area (Å²) < 4.78 is 10.1. The Kier molecular flexibility index (Phi) is 4.22. The molecule has 7 nitrogen and oxygen atoms in total. The zero-order valence-electron chi connectivity index (χ0n) is 9.11. The van der Waals surface area contributed by atoms with Crippen LogP contribution in [-0.4, -0.2) is 58.0 Å². The van der Waals surface area contributed by atoms with Crippen LogP contribution in [-0.2, 0) is 14.3 Å². The number of carbonyl (C=O) groups is 1. The number of hydrogen-bond acceptors (Lipinski definition) is 6. The van der Waals surface area contributed by atoms with E-state index < -0.39 is 36.6 Å². The Morgan fingerprint density at radius 2 is 1.81 bits per heavy atom. The SMILES string of the molecule is CC(C)O[C@H]1OC(C(N)=O)[C@H](O)C(O)[C@@H]1O. The molecule has 0 aliphatic carbocycles. The number of aliphatic hydroxyl groups excluding tert-OH is 3. The summed E-state index contributed by atoms with van der Waals surface area (Å²) in [5, 5.41) is 28.5. The number of aliphatic hydroxyl groups is 3. The molecule has 2 unspecified atom stereocenters. The van der Waals surface area contributed by atoms with E-state index in [1.165, 1.54) is 0 Å². The minimum atomic E-state index is -1.56. The maximum absolute atomic E-state index is 10.9. The van der Waals surface area contributed by atoms with Crippen LogP contribution in [0.2, 0.25) is 0 Å². The Morgan fingerprint density at radius 1 is 1.25 bits per heavy atom. The molecule has 1 rings (SSSR count). The van der Waals surface area contributed by atoms with Gasteiger partial charge in [-0.3, -0.25) is 4.79 Å². The van der Waals surface area contributed by atoms with Gasteiger partial charge in [0, 0.05) is 0 Å². The minimum absolute atomic E-state index is 0.268. The lowest BCUT2D eigenvalue weighted by Crippen LogP contribution is -2.61. The quantitative estimate of drug-likeness (QED) is 0.436. The Labute approximate surface area is 92.8 Å². The number of ether oxygens (including phenoxy) is 2. The molecule has 94 valence electrons. The minimum Gasteiger partial charge on any atom is -0.387 e. The summed E-state index contributed by atoms with van der Waals surface area (Å²) >= 11 is 0. The van der Waals surface area contributed by atoms with E-state index in [9.17, 15) is 20.1 Å². The molecule has 1 saturated heterocycles. The Balaban J connectivity index is 2.77. The Hall–Kier alpha value is -0.730. The third-order valence-electron chi connectivity index (χ3n) is 2.26. The molecule has 0 aromatic heterocycles. The smallest absolute Gasteiger partial charge is 0.249 e. The standard InChI is InChI=1S/C9H17NO6/c1-3(2)15-9-6(13)4(11)5(12)7(16-9)8(10)14/h3-7,9,11-13H,1-2H3,(H2,10,14)/t4?,5-,6+,7?,9+/m1/s1. The van der Waals surface area contributed by atoms with E-state index >= 15 is 0 Å². The summed E-state index contributed by atoms with van der Waals surface area (Å²) in [5.74, 6) is -0.921. The van der Waals surface area contributed by atoms with Gasteiger partial charge in [-0.25, -0.2) is 0 Å². The van der Waals surface area contributed by atoms with Crippen molar-refractivity contribution >= 4 is 5.91 Å². The van der Waals surface area contributed by atoms with Crippen molar-refractivity contribution in [2.75, 3.05) is 0 Å². The average molecular weight is 235 g/mol. The van der Waals surface area contributed by atoms with Crippen molar-refractivity contribution in [3.05, 3.63) is 0 Å². The number of hydrogen-bond donors (Lipinski definition) is 4. The summed E-state index contributed by atoms with van der Waals surface area (Å²) in [6.07, 6.45) is -7.35. The molecule has 5 atom stereocenters. The van der Waals surface area contributed by atoms with Crippen LogP contribution in [0.3, 0.4) is 0 Å². The Morgan fingerprint density at radius 3 is 2.25 bits per heavy atom. The largest absolute Gasteiger partial charge is 0.387 e. The highest BCUT2D eigenvalue weighted by Crippen LogP contribution is 2.22. The van der Waals surface area contributed by atoms with Crippen molar-refractivity contribution in [3.63, 3.8) is 0 Å². The fourth-order valence-electron chi connectivity index (χ4n) is 1.46. The summed E-state index contributed by atoms with van der Waals surface area (Å²) in [5.41, 5.74) is 4.99. The second-order valence-corrected chi connectivity index (χ2v) is 3.98. The first kappa shape index (κ1) is 13.3. The van der Waals surface area contributed by atoms with E-state index in [0.29, 0.717) is 0 Å². The van der Waals surface area contributed by atoms with Gasteiger partial charge in [0.1, 0.15) is 18.3 Å². The molecule has 1 aliphatic rings. The monoisotopic (exact) mass is 235 g/mol. The van der Waals surface area contributed by atoms with E-state index in [0.717, 1.165) is 0 Å².